The molecule has 1 aliphatic rings. The van der Waals surface area contributed by atoms with Crippen molar-refractivity contribution >= 4 is 46.8 Å². The number of rotatable bonds is 7. The van der Waals surface area contributed by atoms with Crippen LogP contribution in [0.25, 0.3) is 0 Å². The molecule has 0 saturated carbocycles. The van der Waals surface area contributed by atoms with E-state index in [2.05, 4.69) is 16.7 Å². The van der Waals surface area contributed by atoms with E-state index in [1.54, 1.807) is 37.3 Å². The van der Waals surface area contributed by atoms with Crippen molar-refractivity contribution in [3.8, 4) is 6.07 Å². The van der Waals surface area contributed by atoms with Gasteiger partial charge in [-0.2, -0.15) is 5.26 Å². The van der Waals surface area contributed by atoms with Gasteiger partial charge in [-0.15, -0.1) is 0 Å². The smallest absolute Gasteiger partial charge is 0.319 e. The standard InChI is InChI=1S/C24H22ClN3O4S/c1-3-32-24(31)21-20(15-9-5-6-10-17(15)25)16(12-26)23(28-22(21)30)33-13-19(29)27-18-11-7-4-8-14(18)2/h4-11,20-21H,3,13H2,1-2H3,(H,27,29)(H,28,30). The number of nitrogens with one attached hydrogen (secondary N) is 2. The molecular formula is C24H22ClN3O4S. The summed E-state index contributed by atoms with van der Waals surface area (Å²) in [5, 5.41) is 15.9. The van der Waals surface area contributed by atoms with Gasteiger partial charge in [-0.25, -0.2) is 0 Å². The second-order valence-corrected chi connectivity index (χ2v) is 8.62. The average molecular weight is 484 g/mol. The summed E-state index contributed by atoms with van der Waals surface area (Å²) in [4.78, 5) is 38.1. The Morgan fingerprint density at radius 2 is 1.91 bits per heavy atom. The summed E-state index contributed by atoms with van der Waals surface area (Å²) in [5.74, 6) is -3.90. The third-order valence-corrected chi connectivity index (χ3v) is 6.44. The number of carbonyl (C=O) groups is 3. The number of carbonyl (C=O) groups excluding carboxylic acids is 3. The molecule has 2 N–H and O–H groups in total. The van der Waals surface area contributed by atoms with E-state index in [9.17, 15) is 19.6 Å². The van der Waals surface area contributed by atoms with Crippen LogP contribution in [-0.4, -0.2) is 30.1 Å². The average Bonchev–Trinajstić information content (AvgIpc) is 2.79. The van der Waals surface area contributed by atoms with E-state index in [0.29, 0.717) is 16.3 Å². The maximum Gasteiger partial charge on any atom is 0.319 e. The second kappa shape index (κ2) is 11.0. The van der Waals surface area contributed by atoms with Crippen molar-refractivity contribution in [2.75, 3.05) is 17.7 Å². The molecule has 170 valence electrons. The third-order valence-electron chi connectivity index (χ3n) is 5.08. The highest BCUT2D eigenvalue weighted by atomic mass is 35.5. The molecule has 0 saturated heterocycles. The number of nitrogens with zero attached hydrogens (tertiary/aromatic N) is 1. The van der Waals surface area contributed by atoms with Gasteiger partial charge in [0.2, 0.25) is 11.8 Å². The summed E-state index contributed by atoms with van der Waals surface area (Å²) in [6.07, 6.45) is 0. The van der Waals surface area contributed by atoms with Crippen molar-refractivity contribution in [1.82, 2.24) is 5.32 Å². The van der Waals surface area contributed by atoms with Gasteiger partial charge in [0.05, 0.1) is 29.0 Å². The van der Waals surface area contributed by atoms with Crippen molar-refractivity contribution in [1.29, 1.82) is 5.26 Å². The quantitative estimate of drug-likeness (QED) is 0.452. The number of ether oxygens (including phenoxy) is 1. The number of hydrogen-bond donors (Lipinski definition) is 2. The van der Waals surface area contributed by atoms with Crippen LogP contribution in [-0.2, 0) is 19.1 Å². The van der Waals surface area contributed by atoms with Crippen LogP contribution in [0.15, 0.2) is 59.1 Å². The highest BCUT2D eigenvalue weighted by Gasteiger charge is 2.45. The minimum absolute atomic E-state index is 0.0472. The van der Waals surface area contributed by atoms with Crippen molar-refractivity contribution in [2.45, 2.75) is 19.8 Å². The molecule has 2 aromatic carbocycles. The molecule has 0 bridgehead atoms. The van der Waals surface area contributed by atoms with E-state index in [-0.39, 0.29) is 28.9 Å². The fourth-order valence-electron chi connectivity index (χ4n) is 3.53. The molecule has 33 heavy (non-hydrogen) atoms. The van der Waals surface area contributed by atoms with E-state index in [1.165, 1.54) is 0 Å². The topological polar surface area (TPSA) is 108 Å². The number of aryl methyl sites for hydroxylation is 1. The molecule has 2 unspecified atom stereocenters. The predicted octanol–water partition coefficient (Wildman–Crippen LogP) is 4.15. The van der Waals surface area contributed by atoms with Gasteiger partial charge in [-0.05, 0) is 37.1 Å². The molecule has 0 fully saturated rings. The van der Waals surface area contributed by atoms with Gasteiger partial charge in [-0.3, -0.25) is 14.4 Å². The Labute approximate surface area is 201 Å². The second-order valence-electron chi connectivity index (χ2n) is 7.22. The molecule has 2 amide bonds. The number of para-hydroxylation sites is 1. The molecule has 7 nitrogen and oxygen atoms in total. The lowest BCUT2D eigenvalue weighted by atomic mass is 9.78. The van der Waals surface area contributed by atoms with Crippen LogP contribution < -0.4 is 10.6 Å². The largest absolute Gasteiger partial charge is 0.465 e. The molecule has 9 heteroatoms. The van der Waals surface area contributed by atoms with Crippen LogP contribution in [0.1, 0.15) is 24.0 Å². The Morgan fingerprint density at radius 3 is 2.58 bits per heavy atom. The van der Waals surface area contributed by atoms with Crippen LogP contribution in [0, 0.1) is 24.2 Å². The van der Waals surface area contributed by atoms with Crippen LogP contribution in [0.2, 0.25) is 5.02 Å². The number of nitriles is 1. The van der Waals surface area contributed by atoms with Gasteiger partial charge >= 0.3 is 5.97 Å². The Bertz CT molecular complexity index is 1160. The molecule has 0 aliphatic carbocycles. The summed E-state index contributed by atoms with van der Waals surface area (Å²) < 4.78 is 5.10. The zero-order chi connectivity index (χ0) is 24.0. The molecule has 0 spiro atoms. The first kappa shape index (κ1) is 24.4. The highest BCUT2D eigenvalue weighted by molar-refractivity contribution is 8.03. The van der Waals surface area contributed by atoms with E-state index in [4.69, 9.17) is 16.3 Å². The van der Waals surface area contributed by atoms with Crippen molar-refractivity contribution in [2.24, 2.45) is 5.92 Å². The summed E-state index contributed by atoms with van der Waals surface area (Å²) in [6, 6.07) is 16.2. The summed E-state index contributed by atoms with van der Waals surface area (Å²) in [5.41, 5.74) is 2.21. The van der Waals surface area contributed by atoms with Crippen LogP contribution in [0.4, 0.5) is 5.69 Å². The first-order valence-electron chi connectivity index (χ1n) is 10.2. The maximum absolute atomic E-state index is 12.9. The number of esters is 1. The lowest BCUT2D eigenvalue weighted by Crippen LogP contribution is -2.44. The SMILES string of the molecule is CCOC(=O)C1C(=O)NC(SCC(=O)Nc2ccccc2C)=C(C#N)C1c1ccccc1Cl. The normalized spacial score (nSPS) is 17.7. The number of allylic oxidation sites excluding steroid dienone is 1. The van der Waals surface area contributed by atoms with Gasteiger partial charge in [0, 0.05) is 16.6 Å². The Balaban J connectivity index is 1.92. The first-order chi connectivity index (χ1) is 15.9. The van der Waals surface area contributed by atoms with Gasteiger partial charge < -0.3 is 15.4 Å². The van der Waals surface area contributed by atoms with E-state index < -0.39 is 23.7 Å². The van der Waals surface area contributed by atoms with Crippen LogP contribution in [0.3, 0.4) is 0 Å². The maximum atomic E-state index is 12.9. The molecule has 1 aliphatic heterocycles. The van der Waals surface area contributed by atoms with Crippen molar-refractivity contribution in [3.05, 3.63) is 75.3 Å². The molecule has 1 heterocycles. The molecular weight excluding hydrogens is 462 g/mol. The Hall–Kier alpha value is -3.28. The zero-order valence-corrected chi connectivity index (χ0v) is 19.6. The molecule has 2 atom stereocenters. The number of thioether (sulfide) groups is 1. The lowest BCUT2D eigenvalue weighted by Gasteiger charge is -2.31. The summed E-state index contributed by atoms with van der Waals surface area (Å²) >= 11 is 7.38. The minimum Gasteiger partial charge on any atom is -0.465 e. The Morgan fingerprint density at radius 1 is 1.21 bits per heavy atom. The number of hydrogen-bond acceptors (Lipinski definition) is 6. The lowest BCUT2D eigenvalue weighted by molar-refractivity contribution is -0.152. The van der Waals surface area contributed by atoms with Gasteiger partial charge in [-0.1, -0.05) is 59.8 Å². The highest BCUT2D eigenvalue weighted by Crippen LogP contribution is 2.42. The Kier molecular flexibility index (Phi) is 8.15. The zero-order valence-electron chi connectivity index (χ0n) is 18.1. The van der Waals surface area contributed by atoms with Crippen molar-refractivity contribution in [3.63, 3.8) is 0 Å². The van der Waals surface area contributed by atoms with Crippen molar-refractivity contribution < 1.29 is 19.1 Å². The fourth-order valence-corrected chi connectivity index (χ4v) is 4.63. The fraction of sp³-hybridized carbons (Fsp3) is 0.250. The van der Waals surface area contributed by atoms with Gasteiger partial charge in [0.1, 0.15) is 5.92 Å². The third kappa shape index (κ3) is 5.56. The minimum atomic E-state index is -1.27. The molecule has 0 radical (unpaired) electrons. The molecule has 3 rings (SSSR count). The van der Waals surface area contributed by atoms with E-state index in [0.717, 1.165) is 17.3 Å². The molecule has 0 aromatic heterocycles. The van der Waals surface area contributed by atoms with Gasteiger partial charge in [0.15, 0.2) is 0 Å². The first-order valence-corrected chi connectivity index (χ1v) is 11.6. The molecule has 2 aromatic rings. The number of halogens is 1. The van der Waals surface area contributed by atoms with Gasteiger partial charge in [0.25, 0.3) is 0 Å². The number of anilines is 1. The monoisotopic (exact) mass is 483 g/mol. The van der Waals surface area contributed by atoms with E-state index in [1.807, 2.05) is 25.1 Å². The number of benzene rings is 2. The predicted molar refractivity (Wildman–Crippen MR) is 127 cm³/mol. The van der Waals surface area contributed by atoms with Crippen LogP contribution in [0.5, 0.6) is 0 Å². The number of amides is 2. The van der Waals surface area contributed by atoms with E-state index >= 15 is 0 Å². The summed E-state index contributed by atoms with van der Waals surface area (Å²) in [6.45, 7) is 3.60. The summed E-state index contributed by atoms with van der Waals surface area (Å²) in [7, 11) is 0. The van der Waals surface area contributed by atoms with Crippen LogP contribution >= 0.6 is 23.4 Å².